The lowest BCUT2D eigenvalue weighted by molar-refractivity contribution is 0.0951. The number of carbonyl (C=O) groups excluding carboxylic acids is 1. The zero-order chi connectivity index (χ0) is 23.4. The van der Waals surface area contributed by atoms with Crippen molar-refractivity contribution in [2.45, 2.75) is 11.4 Å². The van der Waals surface area contributed by atoms with Crippen molar-refractivity contribution in [3.63, 3.8) is 0 Å². The van der Waals surface area contributed by atoms with Crippen LogP contribution in [0.2, 0.25) is 0 Å². The van der Waals surface area contributed by atoms with Gasteiger partial charge in [-0.05, 0) is 70.9 Å². The molecule has 0 atom stereocenters. The zero-order valence-electron chi connectivity index (χ0n) is 18.4. The summed E-state index contributed by atoms with van der Waals surface area (Å²) in [5.41, 5.74) is 1.91. The maximum Gasteiger partial charge on any atom is 0.264 e. The summed E-state index contributed by atoms with van der Waals surface area (Å²) in [5.74, 6) is 0.353. The van der Waals surface area contributed by atoms with Crippen LogP contribution in [-0.4, -0.2) is 28.5 Å². The Morgan fingerprint density at radius 1 is 0.879 bits per heavy atom. The Bertz CT molecular complexity index is 1380. The molecule has 0 saturated heterocycles. The standard InChI is InChI=1S/C26H24N2O4S/c1-28(33(30,31)25-15-13-24(32-2)14-16-25)23-11-9-21(10-12-23)26(29)27-18-19-7-8-20-5-3-4-6-22(20)17-19/h3-17H,18H2,1-2H3,(H,27,29). The van der Waals surface area contributed by atoms with Gasteiger partial charge in [0, 0.05) is 19.2 Å². The maximum absolute atomic E-state index is 12.9. The summed E-state index contributed by atoms with van der Waals surface area (Å²) < 4.78 is 32.1. The molecule has 0 spiro atoms. The van der Waals surface area contributed by atoms with Crippen LogP contribution < -0.4 is 14.4 Å². The highest BCUT2D eigenvalue weighted by atomic mass is 32.2. The quantitative estimate of drug-likeness (QED) is 0.437. The number of anilines is 1. The average molecular weight is 461 g/mol. The molecule has 168 valence electrons. The molecule has 0 saturated carbocycles. The normalized spacial score (nSPS) is 11.2. The number of fused-ring (bicyclic) bond motifs is 1. The van der Waals surface area contributed by atoms with Gasteiger partial charge in [0.15, 0.2) is 0 Å². The van der Waals surface area contributed by atoms with Crippen molar-refractivity contribution in [2.24, 2.45) is 0 Å². The minimum absolute atomic E-state index is 0.156. The fourth-order valence-corrected chi connectivity index (χ4v) is 4.70. The number of nitrogens with one attached hydrogen (secondary N) is 1. The number of benzene rings is 4. The van der Waals surface area contributed by atoms with Gasteiger partial charge >= 0.3 is 0 Å². The van der Waals surface area contributed by atoms with Crippen molar-refractivity contribution >= 4 is 32.4 Å². The average Bonchev–Trinajstić information content (AvgIpc) is 2.86. The van der Waals surface area contributed by atoms with Gasteiger partial charge in [0.1, 0.15) is 5.75 Å². The Morgan fingerprint density at radius 3 is 2.21 bits per heavy atom. The van der Waals surface area contributed by atoms with Gasteiger partial charge in [0.05, 0.1) is 17.7 Å². The summed E-state index contributed by atoms with van der Waals surface area (Å²) in [7, 11) is -0.734. The predicted molar refractivity (Wildman–Crippen MR) is 130 cm³/mol. The van der Waals surface area contributed by atoms with Crippen LogP contribution in [0, 0.1) is 0 Å². The zero-order valence-corrected chi connectivity index (χ0v) is 19.2. The molecule has 1 N–H and O–H groups in total. The molecule has 7 heteroatoms. The van der Waals surface area contributed by atoms with Gasteiger partial charge in [-0.1, -0.05) is 36.4 Å². The van der Waals surface area contributed by atoms with Crippen LogP contribution >= 0.6 is 0 Å². The fraction of sp³-hybridized carbons (Fsp3) is 0.115. The summed E-state index contributed by atoms with van der Waals surface area (Å²) in [6.45, 7) is 0.400. The number of hydrogen-bond acceptors (Lipinski definition) is 4. The minimum Gasteiger partial charge on any atom is -0.497 e. The van der Waals surface area contributed by atoms with Crippen LogP contribution in [0.3, 0.4) is 0 Å². The lowest BCUT2D eigenvalue weighted by Gasteiger charge is -2.20. The largest absolute Gasteiger partial charge is 0.497 e. The van der Waals surface area contributed by atoms with Gasteiger partial charge < -0.3 is 10.1 Å². The van der Waals surface area contributed by atoms with Crippen LogP contribution in [0.25, 0.3) is 10.8 Å². The first kappa shape index (κ1) is 22.4. The van der Waals surface area contributed by atoms with E-state index in [-0.39, 0.29) is 10.8 Å². The van der Waals surface area contributed by atoms with E-state index in [1.165, 1.54) is 30.6 Å². The second-order valence-electron chi connectivity index (χ2n) is 7.56. The molecule has 4 aromatic carbocycles. The van der Waals surface area contributed by atoms with Crippen molar-refractivity contribution < 1.29 is 17.9 Å². The molecule has 0 bridgehead atoms. The molecule has 4 rings (SSSR count). The third-order valence-corrected chi connectivity index (χ3v) is 7.28. The van der Waals surface area contributed by atoms with E-state index in [9.17, 15) is 13.2 Å². The van der Waals surface area contributed by atoms with Gasteiger partial charge in [0.25, 0.3) is 15.9 Å². The topological polar surface area (TPSA) is 75.7 Å². The van der Waals surface area contributed by atoms with Gasteiger partial charge in [0.2, 0.25) is 0 Å². The van der Waals surface area contributed by atoms with E-state index in [2.05, 4.69) is 11.4 Å². The van der Waals surface area contributed by atoms with Crippen LogP contribution in [0.4, 0.5) is 5.69 Å². The molecule has 0 unspecified atom stereocenters. The van der Waals surface area contributed by atoms with E-state index in [1.807, 2.05) is 36.4 Å². The Balaban J connectivity index is 1.43. The maximum atomic E-state index is 12.9. The van der Waals surface area contributed by atoms with E-state index in [0.717, 1.165) is 16.3 Å². The van der Waals surface area contributed by atoms with E-state index < -0.39 is 10.0 Å². The van der Waals surface area contributed by atoms with Crippen molar-refractivity contribution in [1.82, 2.24) is 5.32 Å². The number of ether oxygens (including phenoxy) is 1. The molecule has 0 aliphatic carbocycles. The molecule has 0 fully saturated rings. The molecule has 1 amide bonds. The second kappa shape index (κ2) is 9.34. The van der Waals surface area contributed by atoms with E-state index in [4.69, 9.17) is 4.74 Å². The third kappa shape index (κ3) is 4.83. The molecule has 0 heterocycles. The van der Waals surface area contributed by atoms with Gasteiger partial charge in [-0.25, -0.2) is 8.42 Å². The first-order valence-corrected chi connectivity index (χ1v) is 11.8. The first-order valence-electron chi connectivity index (χ1n) is 10.4. The lowest BCUT2D eigenvalue weighted by Crippen LogP contribution is -2.27. The van der Waals surface area contributed by atoms with Gasteiger partial charge in [-0.3, -0.25) is 9.10 Å². The molecule has 4 aromatic rings. The number of methoxy groups -OCH3 is 1. The molecular weight excluding hydrogens is 436 g/mol. The lowest BCUT2D eigenvalue weighted by atomic mass is 10.1. The number of carbonyl (C=O) groups is 1. The number of rotatable bonds is 7. The first-order chi connectivity index (χ1) is 15.9. The number of amides is 1. The molecule has 0 radical (unpaired) electrons. The second-order valence-corrected chi connectivity index (χ2v) is 9.53. The molecule has 33 heavy (non-hydrogen) atoms. The smallest absolute Gasteiger partial charge is 0.264 e. The molecule has 0 aliphatic rings. The molecule has 0 aromatic heterocycles. The van der Waals surface area contributed by atoms with E-state index >= 15 is 0 Å². The minimum atomic E-state index is -3.74. The number of sulfonamides is 1. The Labute approximate surface area is 193 Å². The van der Waals surface area contributed by atoms with Crippen LogP contribution in [0.5, 0.6) is 5.75 Å². The summed E-state index contributed by atoms with van der Waals surface area (Å²) in [5, 5.41) is 5.18. The summed E-state index contributed by atoms with van der Waals surface area (Å²) in [6.07, 6.45) is 0. The van der Waals surface area contributed by atoms with Gasteiger partial charge in [-0.2, -0.15) is 0 Å². The summed E-state index contributed by atoms with van der Waals surface area (Å²) in [6, 6.07) is 26.8. The third-order valence-electron chi connectivity index (χ3n) is 5.48. The Hall–Kier alpha value is -3.84. The highest BCUT2D eigenvalue weighted by Crippen LogP contribution is 2.24. The van der Waals surface area contributed by atoms with Crippen LogP contribution in [-0.2, 0) is 16.6 Å². The Morgan fingerprint density at radius 2 is 1.55 bits per heavy atom. The molecule has 0 aliphatic heterocycles. The predicted octanol–water partition coefficient (Wildman–Crippen LogP) is 4.60. The summed E-state index contributed by atoms with van der Waals surface area (Å²) >= 11 is 0. The summed E-state index contributed by atoms with van der Waals surface area (Å²) in [4.78, 5) is 12.7. The van der Waals surface area contributed by atoms with Crippen molar-refractivity contribution in [3.05, 3.63) is 102 Å². The highest BCUT2D eigenvalue weighted by Gasteiger charge is 2.21. The number of nitrogens with zero attached hydrogens (tertiary/aromatic N) is 1. The fourth-order valence-electron chi connectivity index (χ4n) is 3.50. The van der Waals surface area contributed by atoms with E-state index in [1.54, 1.807) is 36.4 Å². The van der Waals surface area contributed by atoms with E-state index in [0.29, 0.717) is 23.5 Å². The molecular formula is C26H24N2O4S. The van der Waals surface area contributed by atoms with Crippen molar-refractivity contribution in [1.29, 1.82) is 0 Å². The van der Waals surface area contributed by atoms with Gasteiger partial charge in [-0.15, -0.1) is 0 Å². The monoisotopic (exact) mass is 460 g/mol. The van der Waals surface area contributed by atoms with Crippen LogP contribution in [0.1, 0.15) is 15.9 Å². The van der Waals surface area contributed by atoms with Crippen molar-refractivity contribution in [2.75, 3.05) is 18.5 Å². The number of hydrogen-bond donors (Lipinski definition) is 1. The SMILES string of the molecule is COc1ccc(S(=O)(=O)N(C)c2ccc(C(=O)NCc3ccc4ccccc4c3)cc2)cc1. The van der Waals surface area contributed by atoms with Crippen molar-refractivity contribution in [3.8, 4) is 5.75 Å². The highest BCUT2D eigenvalue weighted by molar-refractivity contribution is 7.92. The van der Waals surface area contributed by atoms with Crippen LogP contribution in [0.15, 0.2) is 95.9 Å². The Kier molecular flexibility index (Phi) is 6.33. The molecule has 6 nitrogen and oxygen atoms in total.